The van der Waals surface area contributed by atoms with Crippen molar-refractivity contribution >= 4 is 21.4 Å². The van der Waals surface area contributed by atoms with Crippen LogP contribution >= 0.6 is 11.3 Å². The minimum absolute atomic E-state index is 0.100. The minimum Gasteiger partial charge on any atom is -0.255 e. The second-order valence-electron chi connectivity index (χ2n) is 8.06. The summed E-state index contributed by atoms with van der Waals surface area (Å²) in [7, 11) is 0. The lowest BCUT2D eigenvalue weighted by molar-refractivity contribution is 0.590. The normalized spacial score (nSPS) is 11.9. The lowest BCUT2D eigenvalue weighted by Crippen LogP contribution is -2.11. The standard InChI is InChI=1S/C24H22FNS/c1-15-9-17(11-19(10-15)24(2,3)4)21-12-18-13-22(27-23(18)14-26-21)16-5-7-20(25)8-6-16/h5-14H,1-4H3. The lowest BCUT2D eigenvalue weighted by atomic mass is 9.85. The number of halogens is 1. The Morgan fingerprint density at radius 1 is 0.889 bits per heavy atom. The fourth-order valence-corrected chi connectivity index (χ4v) is 4.24. The van der Waals surface area contributed by atoms with Gasteiger partial charge in [-0.05, 0) is 65.3 Å². The number of pyridine rings is 1. The number of thiophene rings is 1. The first-order valence-corrected chi connectivity index (χ1v) is 9.89. The number of aromatic nitrogens is 1. The van der Waals surface area contributed by atoms with Gasteiger partial charge in [-0.2, -0.15) is 0 Å². The van der Waals surface area contributed by atoms with E-state index in [0.29, 0.717) is 0 Å². The minimum atomic E-state index is -0.210. The van der Waals surface area contributed by atoms with Crippen LogP contribution < -0.4 is 0 Å². The molecule has 0 N–H and O–H groups in total. The van der Waals surface area contributed by atoms with Gasteiger partial charge in [-0.25, -0.2) is 4.39 Å². The monoisotopic (exact) mass is 375 g/mol. The van der Waals surface area contributed by atoms with E-state index in [1.54, 1.807) is 11.3 Å². The number of aryl methyl sites for hydroxylation is 1. The van der Waals surface area contributed by atoms with E-state index in [2.05, 4.69) is 58.0 Å². The zero-order valence-electron chi connectivity index (χ0n) is 16.0. The van der Waals surface area contributed by atoms with Crippen LogP contribution in [-0.2, 0) is 5.41 Å². The fourth-order valence-electron chi connectivity index (χ4n) is 3.22. The second-order valence-corrected chi connectivity index (χ2v) is 9.15. The van der Waals surface area contributed by atoms with Gasteiger partial charge in [-0.3, -0.25) is 4.98 Å². The van der Waals surface area contributed by atoms with Gasteiger partial charge in [0.25, 0.3) is 0 Å². The smallest absolute Gasteiger partial charge is 0.123 e. The predicted molar refractivity (Wildman–Crippen MR) is 114 cm³/mol. The maximum atomic E-state index is 13.2. The van der Waals surface area contributed by atoms with Crippen molar-refractivity contribution in [1.29, 1.82) is 0 Å². The molecule has 2 aromatic carbocycles. The molecule has 27 heavy (non-hydrogen) atoms. The van der Waals surface area contributed by atoms with E-state index in [0.717, 1.165) is 26.4 Å². The number of rotatable bonds is 2. The average molecular weight is 376 g/mol. The quantitative estimate of drug-likeness (QED) is 0.356. The van der Waals surface area contributed by atoms with Crippen molar-refractivity contribution in [3.05, 3.63) is 77.7 Å². The Morgan fingerprint density at radius 2 is 1.63 bits per heavy atom. The van der Waals surface area contributed by atoms with E-state index in [9.17, 15) is 4.39 Å². The summed E-state index contributed by atoms with van der Waals surface area (Å²) in [5.74, 6) is -0.210. The molecule has 4 rings (SSSR count). The van der Waals surface area contributed by atoms with E-state index < -0.39 is 0 Å². The average Bonchev–Trinajstić information content (AvgIpc) is 3.04. The first-order chi connectivity index (χ1) is 12.8. The summed E-state index contributed by atoms with van der Waals surface area (Å²) in [5, 5.41) is 1.17. The van der Waals surface area contributed by atoms with Gasteiger partial charge in [-0.15, -0.1) is 11.3 Å². The summed E-state index contributed by atoms with van der Waals surface area (Å²) in [5.41, 5.74) is 5.83. The van der Waals surface area contributed by atoms with Gasteiger partial charge in [0.15, 0.2) is 0 Å². The van der Waals surface area contributed by atoms with Crippen molar-refractivity contribution < 1.29 is 4.39 Å². The number of benzene rings is 2. The molecular formula is C24H22FNS. The molecular weight excluding hydrogens is 353 g/mol. The predicted octanol–water partition coefficient (Wildman–Crippen LogP) is 7.38. The third-order valence-electron chi connectivity index (χ3n) is 4.77. The topological polar surface area (TPSA) is 12.9 Å². The maximum Gasteiger partial charge on any atom is 0.123 e. The molecule has 1 nitrogen and oxygen atoms in total. The number of nitrogens with zero attached hydrogens (tertiary/aromatic N) is 1. The van der Waals surface area contributed by atoms with E-state index in [1.807, 2.05) is 18.3 Å². The highest BCUT2D eigenvalue weighted by Crippen LogP contribution is 2.35. The summed E-state index contributed by atoms with van der Waals surface area (Å²) in [6.07, 6.45) is 1.95. The molecule has 0 amide bonds. The summed E-state index contributed by atoms with van der Waals surface area (Å²) < 4.78 is 14.3. The Bertz CT molecular complexity index is 1120. The highest BCUT2D eigenvalue weighted by atomic mass is 32.1. The Balaban J connectivity index is 1.78. The molecule has 0 unspecified atom stereocenters. The molecule has 0 saturated heterocycles. The summed E-state index contributed by atoms with van der Waals surface area (Å²) >= 11 is 1.69. The van der Waals surface area contributed by atoms with Gasteiger partial charge < -0.3 is 0 Å². The number of fused-ring (bicyclic) bond motifs is 1. The third kappa shape index (κ3) is 3.65. The van der Waals surface area contributed by atoms with Crippen molar-refractivity contribution in [3.8, 4) is 21.7 Å². The number of hydrogen-bond donors (Lipinski definition) is 0. The maximum absolute atomic E-state index is 13.2. The number of hydrogen-bond acceptors (Lipinski definition) is 2. The Kier molecular flexibility index (Phi) is 4.35. The molecule has 0 spiro atoms. The summed E-state index contributed by atoms with van der Waals surface area (Å²) in [6.45, 7) is 8.83. The van der Waals surface area contributed by atoms with Gasteiger partial charge >= 0.3 is 0 Å². The molecule has 0 atom stereocenters. The molecule has 2 aromatic heterocycles. The van der Waals surface area contributed by atoms with E-state index in [-0.39, 0.29) is 11.2 Å². The van der Waals surface area contributed by atoms with Crippen LogP contribution in [0.3, 0.4) is 0 Å². The van der Waals surface area contributed by atoms with Gasteiger partial charge in [-0.1, -0.05) is 44.5 Å². The van der Waals surface area contributed by atoms with E-state index in [4.69, 9.17) is 4.98 Å². The Labute approximate surface area is 163 Å². The summed E-state index contributed by atoms with van der Waals surface area (Å²) in [4.78, 5) is 5.84. The fraction of sp³-hybridized carbons (Fsp3) is 0.208. The third-order valence-corrected chi connectivity index (χ3v) is 5.91. The van der Waals surface area contributed by atoms with Crippen molar-refractivity contribution in [2.75, 3.05) is 0 Å². The van der Waals surface area contributed by atoms with Gasteiger partial charge in [0.1, 0.15) is 5.82 Å². The summed E-state index contributed by atoms with van der Waals surface area (Å²) in [6, 6.07) is 17.7. The molecule has 0 aliphatic heterocycles. The molecule has 0 aliphatic carbocycles. The molecule has 0 aliphatic rings. The van der Waals surface area contributed by atoms with Gasteiger partial charge in [0.2, 0.25) is 0 Å². The van der Waals surface area contributed by atoms with Gasteiger partial charge in [0, 0.05) is 16.6 Å². The first-order valence-electron chi connectivity index (χ1n) is 9.08. The van der Waals surface area contributed by atoms with Gasteiger partial charge in [0.05, 0.1) is 10.4 Å². The van der Waals surface area contributed by atoms with Crippen LogP contribution in [0.2, 0.25) is 0 Å². The first kappa shape index (κ1) is 17.9. The van der Waals surface area contributed by atoms with Crippen molar-refractivity contribution in [2.24, 2.45) is 0 Å². The van der Waals surface area contributed by atoms with Crippen molar-refractivity contribution in [3.63, 3.8) is 0 Å². The van der Waals surface area contributed by atoms with Crippen LogP contribution in [0.5, 0.6) is 0 Å². The molecule has 136 valence electrons. The Morgan fingerprint density at radius 3 is 2.33 bits per heavy atom. The van der Waals surface area contributed by atoms with Crippen LogP contribution in [-0.4, -0.2) is 4.98 Å². The van der Waals surface area contributed by atoms with E-state index in [1.165, 1.54) is 28.6 Å². The Hall–Kier alpha value is -2.52. The zero-order valence-corrected chi connectivity index (χ0v) is 16.8. The molecule has 2 heterocycles. The SMILES string of the molecule is Cc1cc(-c2cc3cc(-c4ccc(F)cc4)sc3cn2)cc(C(C)(C)C)c1. The second kappa shape index (κ2) is 6.58. The van der Waals surface area contributed by atoms with Crippen LogP contribution in [0.4, 0.5) is 4.39 Å². The molecule has 0 saturated carbocycles. The van der Waals surface area contributed by atoms with Crippen LogP contribution in [0, 0.1) is 12.7 Å². The highest BCUT2D eigenvalue weighted by Gasteiger charge is 2.16. The molecule has 0 fully saturated rings. The molecule has 4 aromatic rings. The molecule has 3 heteroatoms. The lowest BCUT2D eigenvalue weighted by Gasteiger charge is -2.20. The molecule has 0 bridgehead atoms. The zero-order chi connectivity index (χ0) is 19.2. The highest BCUT2D eigenvalue weighted by molar-refractivity contribution is 7.22. The molecule has 0 radical (unpaired) electrons. The van der Waals surface area contributed by atoms with E-state index >= 15 is 0 Å². The van der Waals surface area contributed by atoms with Crippen molar-refractivity contribution in [1.82, 2.24) is 4.98 Å². The largest absolute Gasteiger partial charge is 0.255 e. The van der Waals surface area contributed by atoms with Crippen LogP contribution in [0.25, 0.3) is 31.8 Å². The van der Waals surface area contributed by atoms with Crippen LogP contribution in [0.15, 0.2) is 60.8 Å². The van der Waals surface area contributed by atoms with Crippen LogP contribution in [0.1, 0.15) is 31.9 Å². The van der Waals surface area contributed by atoms with Crippen molar-refractivity contribution in [2.45, 2.75) is 33.1 Å².